The van der Waals surface area contributed by atoms with Gasteiger partial charge in [-0.3, -0.25) is 0 Å². The minimum Gasteiger partial charge on any atom is -0.493 e. The molecule has 0 saturated heterocycles. The van der Waals surface area contributed by atoms with Gasteiger partial charge in [0.25, 0.3) is 0 Å². The lowest BCUT2D eigenvalue weighted by Crippen LogP contribution is -2.23. The Kier molecular flexibility index (Phi) is 3.74. The monoisotopic (exact) mass is 271 g/mol. The van der Waals surface area contributed by atoms with E-state index in [4.69, 9.17) is 4.74 Å². The van der Waals surface area contributed by atoms with Crippen LogP contribution < -0.4 is 10.1 Å². The predicted octanol–water partition coefficient (Wildman–Crippen LogP) is 2.44. The number of hydrogen-bond acceptors (Lipinski definition) is 3. The number of aromatic nitrogens is 2. The summed E-state index contributed by atoms with van der Waals surface area (Å²) in [6.45, 7) is 3.96. The molecule has 0 radical (unpaired) electrons. The van der Waals surface area contributed by atoms with Crippen LogP contribution >= 0.6 is 0 Å². The van der Waals surface area contributed by atoms with Crippen molar-refractivity contribution in [1.29, 1.82) is 0 Å². The van der Waals surface area contributed by atoms with Gasteiger partial charge in [-0.2, -0.15) is 0 Å². The third kappa shape index (κ3) is 2.56. The highest BCUT2D eigenvalue weighted by molar-refractivity contribution is 5.42. The van der Waals surface area contributed by atoms with Crippen LogP contribution in [0.1, 0.15) is 36.2 Å². The molecule has 20 heavy (non-hydrogen) atoms. The van der Waals surface area contributed by atoms with Gasteiger partial charge in [0.2, 0.25) is 0 Å². The van der Waals surface area contributed by atoms with E-state index in [0.29, 0.717) is 0 Å². The number of benzene rings is 1. The molecule has 3 rings (SSSR count). The van der Waals surface area contributed by atoms with Gasteiger partial charge in [0.05, 0.1) is 24.7 Å². The highest BCUT2D eigenvalue weighted by atomic mass is 16.5. The highest BCUT2D eigenvalue weighted by Crippen LogP contribution is 2.30. The number of imidazole rings is 1. The number of fused-ring (bicyclic) bond motifs is 1. The van der Waals surface area contributed by atoms with E-state index in [1.807, 2.05) is 17.9 Å². The standard InChI is InChI=1S/C16H21N3O/c1-3-7-17-16(14-10-19(2)11-18-14)13-4-5-15-12(9-13)6-8-20-15/h4-5,9-11,16-17H,3,6-8H2,1-2H3. The Hall–Kier alpha value is -1.81. The fraction of sp³-hybridized carbons (Fsp3) is 0.438. The van der Waals surface area contributed by atoms with Crippen molar-refractivity contribution < 1.29 is 4.74 Å². The summed E-state index contributed by atoms with van der Waals surface area (Å²) in [5.74, 6) is 1.03. The first-order chi connectivity index (χ1) is 9.78. The molecular weight excluding hydrogens is 250 g/mol. The van der Waals surface area contributed by atoms with Gasteiger partial charge in [-0.25, -0.2) is 4.98 Å². The Bertz CT molecular complexity index is 591. The Labute approximate surface area is 119 Å². The number of nitrogens with zero attached hydrogens (tertiary/aromatic N) is 2. The van der Waals surface area contributed by atoms with Crippen molar-refractivity contribution in [3.8, 4) is 5.75 Å². The quantitative estimate of drug-likeness (QED) is 0.908. The molecule has 0 saturated carbocycles. The Morgan fingerprint density at radius 3 is 3.10 bits per heavy atom. The first kappa shape index (κ1) is 13.2. The number of ether oxygens (including phenoxy) is 1. The average Bonchev–Trinajstić information content (AvgIpc) is 3.07. The zero-order chi connectivity index (χ0) is 13.9. The zero-order valence-corrected chi connectivity index (χ0v) is 12.1. The third-order valence-corrected chi connectivity index (χ3v) is 3.67. The van der Waals surface area contributed by atoms with Crippen LogP contribution in [-0.2, 0) is 13.5 Å². The van der Waals surface area contributed by atoms with Gasteiger partial charge in [-0.15, -0.1) is 0 Å². The average molecular weight is 271 g/mol. The minimum atomic E-state index is 0.155. The van der Waals surface area contributed by atoms with Crippen molar-refractivity contribution in [3.05, 3.63) is 47.5 Å². The van der Waals surface area contributed by atoms with E-state index < -0.39 is 0 Å². The number of hydrogen-bond donors (Lipinski definition) is 1. The molecule has 4 nitrogen and oxygen atoms in total. The minimum absolute atomic E-state index is 0.155. The van der Waals surface area contributed by atoms with Crippen LogP contribution in [0.5, 0.6) is 5.75 Å². The maximum atomic E-state index is 5.58. The second-order valence-corrected chi connectivity index (χ2v) is 5.32. The SMILES string of the molecule is CCCNC(c1ccc2c(c1)CCO2)c1cn(C)cn1. The fourth-order valence-electron chi connectivity index (χ4n) is 2.65. The van der Waals surface area contributed by atoms with Gasteiger partial charge in [0.15, 0.2) is 0 Å². The lowest BCUT2D eigenvalue weighted by molar-refractivity contribution is 0.357. The summed E-state index contributed by atoms with van der Waals surface area (Å²) < 4.78 is 7.58. The van der Waals surface area contributed by atoms with Gasteiger partial charge in [-0.1, -0.05) is 19.1 Å². The number of rotatable bonds is 5. The molecule has 1 unspecified atom stereocenters. The smallest absolute Gasteiger partial charge is 0.122 e. The maximum absolute atomic E-state index is 5.58. The topological polar surface area (TPSA) is 39.1 Å². The molecule has 0 spiro atoms. The van der Waals surface area contributed by atoms with Crippen molar-refractivity contribution in [3.63, 3.8) is 0 Å². The van der Waals surface area contributed by atoms with E-state index in [0.717, 1.165) is 37.4 Å². The molecule has 1 aromatic carbocycles. The fourth-order valence-corrected chi connectivity index (χ4v) is 2.65. The highest BCUT2D eigenvalue weighted by Gasteiger charge is 2.19. The molecular formula is C16H21N3O. The number of nitrogens with one attached hydrogen (secondary N) is 1. The van der Waals surface area contributed by atoms with Crippen molar-refractivity contribution in [2.75, 3.05) is 13.2 Å². The molecule has 1 atom stereocenters. The predicted molar refractivity (Wildman–Crippen MR) is 79.0 cm³/mol. The van der Waals surface area contributed by atoms with Crippen molar-refractivity contribution in [2.24, 2.45) is 7.05 Å². The van der Waals surface area contributed by atoms with Crippen molar-refractivity contribution in [1.82, 2.24) is 14.9 Å². The molecule has 4 heteroatoms. The zero-order valence-electron chi connectivity index (χ0n) is 12.1. The summed E-state index contributed by atoms with van der Waals surface area (Å²) in [4.78, 5) is 4.51. The van der Waals surface area contributed by atoms with Crippen molar-refractivity contribution in [2.45, 2.75) is 25.8 Å². The van der Waals surface area contributed by atoms with E-state index in [2.05, 4.69) is 41.6 Å². The van der Waals surface area contributed by atoms with E-state index in [1.165, 1.54) is 11.1 Å². The summed E-state index contributed by atoms with van der Waals surface area (Å²) in [6.07, 6.45) is 6.05. The number of aryl methyl sites for hydroxylation is 1. The van der Waals surface area contributed by atoms with E-state index in [-0.39, 0.29) is 6.04 Å². The van der Waals surface area contributed by atoms with E-state index >= 15 is 0 Å². The second kappa shape index (κ2) is 5.67. The summed E-state index contributed by atoms with van der Waals surface area (Å²) in [6, 6.07) is 6.64. The summed E-state index contributed by atoms with van der Waals surface area (Å²) >= 11 is 0. The van der Waals surface area contributed by atoms with Crippen LogP contribution in [0.2, 0.25) is 0 Å². The molecule has 1 aromatic heterocycles. The van der Waals surface area contributed by atoms with Crippen LogP contribution in [0.15, 0.2) is 30.7 Å². The Morgan fingerprint density at radius 2 is 2.35 bits per heavy atom. The third-order valence-electron chi connectivity index (χ3n) is 3.67. The molecule has 2 aromatic rings. The molecule has 1 aliphatic rings. The van der Waals surface area contributed by atoms with E-state index in [9.17, 15) is 0 Å². The molecule has 0 amide bonds. The molecule has 0 bridgehead atoms. The van der Waals surface area contributed by atoms with Gasteiger partial charge >= 0.3 is 0 Å². The first-order valence-electron chi connectivity index (χ1n) is 7.25. The molecule has 1 aliphatic heterocycles. The van der Waals surface area contributed by atoms with Crippen LogP contribution in [0.3, 0.4) is 0 Å². The molecule has 0 aliphatic carbocycles. The first-order valence-corrected chi connectivity index (χ1v) is 7.25. The Balaban J connectivity index is 1.92. The molecule has 1 N–H and O–H groups in total. The van der Waals surface area contributed by atoms with Gasteiger partial charge in [0.1, 0.15) is 5.75 Å². The Morgan fingerprint density at radius 1 is 1.45 bits per heavy atom. The second-order valence-electron chi connectivity index (χ2n) is 5.32. The lowest BCUT2D eigenvalue weighted by Gasteiger charge is -2.17. The van der Waals surface area contributed by atoms with Crippen LogP contribution in [0, 0.1) is 0 Å². The maximum Gasteiger partial charge on any atom is 0.122 e. The van der Waals surface area contributed by atoms with Crippen LogP contribution in [0.4, 0.5) is 0 Å². The van der Waals surface area contributed by atoms with Gasteiger partial charge in [-0.05, 0) is 30.2 Å². The summed E-state index contributed by atoms with van der Waals surface area (Å²) in [7, 11) is 2.00. The summed E-state index contributed by atoms with van der Waals surface area (Å²) in [5.41, 5.74) is 3.64. The molecule has 106 valence electrons. The molecule has 2 heterocycles. The lowest BCUT2D eigenvalue weighted by atomic mass is 10.0. The van der Waals surface area contributed by atoms with Gasteiger partial charge in [0, 0.05) is 19.7 Å². The van der Waals surface area contributed by atoms with Crippen LogP contribution in [-0.4, -0.2) is 22.7 Å². The van der Waals surface area contributed by atoms with Crippen LogP contribution in [0.25, 0.3) is 0 Å². The largest absolute Gasteiger partial charge is 0.493 e. The normalized spacial score (nSPS) is 14.9. The summed E-state index contributed by atoms with van der Waals surface area (Å²) in [5, 5.41) is 3.59. The van der Waals surface area contributed by atoms with Gasteiger partial charge < -0.3 is 14.6 Å². The molecule has 0 fully saturated rings. The van der Waals surface area contributed by atoms with Crippen molar-refractivity contribution >= 4 is 0 Å². The van der Waals surface area contributed by atoms with E-state index in [1.54, 1.807) is 0 Å².